The number of rotatable bonds is 5. The second kappa shape index (κ2) is 5.64. The van der Waals surface area contributed by atoms with Gasteiger partial charge in [0, 0.05) is 36.9 Å². The van der Waals surface area contributed by atoms with Gasteiger partial charge in [0.15, 0.2) is 0 Å². The van der Waals surface area contributed by atoms with E-state index in [0.717, 1.165) is 10.6 Å². The van der Waals surface area contributed by atoms with Crippen LogP contribution in [0.25, 0.3) is 0 Å². The number of nitrogens with two attached hydrogens (primary N) is 1. The topological polar surface area (TPSA) is 77.1 Å². The molecule has 5 nitrogen and oxygen atoms in total. The summed E-state index contributed by atoms with van der Waals surface area (Å²) in [5, 5.41) is 0. The van der Waals surface area contributed by atoms with Crippen LogP contribution in [0.1, 0.15) is 10.6 Å². The Bertz CT molecular complexity index is 676. The van der Waals surface area contributed by atoms with Crippen molar-refractivity contribution >= 4 is 33.0 Å². The Labute approximate surface area is 121 Å². The lowest BCUT2D eigenvalue weighted by Crippen LogP contribution is -2.22. The Morgan fingerprint density at radius 1 is 1.47 bits per heavy atom. The number of sulfonamides is 1. The molecule has 0 radical (unpaired) electrons. The van der Waals surface area contributed by atoms with Crippen LogP contribution < -0.4 is 10.5 Å². The molecule has 0 aliphatic carbocycles. The molecule has 0 bridgehead atoms. The molecule has 0 saturated carbocycles. The van der Waals surface area contributed by atoms with Gasteiger partial charge in [-0.2, -0.15) is 0 Å². The molecular formula is C11H14ClN3O2S2. The van der Waals surface area contributed by atoms with Gasteiger partial charge in [0.2, 0.25) is 10.0 Å². The summed E-state index contributed by atoms with van der Waals surface area (Å²) in [7, 11) is -1.76. The molecule has 2 aromatic rings. The predicted octanol–water partition coefficient (Wildman–Crippen LogP) is 1.68. The third-order valence-electron chi connectivity index (χ3n) is 2.67. The smallest absolute Gasteiger partial charge is 0.242 e. The fourth-order valence-electron chi connectivity index (χ4n) is 1.62. The SMILES string of the molecule is Cn1cc(S(=O)(=O)NCc2ccc(Cl)s2)cc1CN. The average molecular weight is 320 g/mol. The van der Waals surface area contributed by atoms with Gasteiger partial charge in [0.25, 0.3) is 0 Å². The van der Waals surface area contributed by atoms with Crippen LogP contribution in [0.3, 0.4) is 0 Å². The second-order valence-corrected chi connectivity index (χ2v) is 7.58. The van der Waals surface area contributed by atoms with Crippen LogP contribution in [0, 0.1) is 0 Å². The summed E-state index contributed by atoms with van der Waals surface area (Å²) in [6.45, 7) is 0.527. The largest absolute Gasteiger partial charge is 0.352 e. The Balaban J connectivity index is 2.13. The number of aromatic nitrogens is 1. The molecular weight excluding hydrogens is 306 g/mol. The fraction of sp³-hybridized carbons (Fsp3) is 0.273. The van der Waals surface area contributed by atoms with E-state index in [1.807, 2.05) is 0 Å². The zero-order chi connectivity index (χ0) is 14.0. The molecule has 2 heterocycles. The molecule has 0 fully saturated rings. The van der Waals surface area contributed by atoms with E-state index in [2.05, 4.69) is 4.72 Å². The second-order valence-electron chi connectivity index (χ2n) is 4.01. The first-order valence-electron chi connectivity index (χ1n) is 5.51. The normalized spacial score (nSPS) is 11.9. The van der Waals surface area contributed by atoms with Gasteiger partial charge >= 0.3 is 0 Å². The van der Waals surface area contributed by atoms with Gasteiger partial charge in [-0.1, -0.05) is 11.6 Å². The molecule has 3 N–H and O–H groups in total. The lowest BCUT2D eigenvalue weighted by molar-refractivity contribution is 0.581. The lowest BCUT2D eigenvalue weighted by atomic mass is 10.4. The van der Waals surface area contributed by atoms with Crippen LogP contribution in [0.2, 0.25) is 4.34 Å². The highest BCUT2D eigenvalue weighted by atomic mass is 35.5. The predicted molar refractivity (Wildman–Crippen MR) is 76.7 cm³/mol. The van der Waals surface area contributed by atoms with Crippen molar-refractivity contribution in [2.24, 2.45) is 12.8 Å². The number of halogens is 1. The maximum Gasteiger partial charge on any atom is 0.242 e. The number of nitrogens with zero attached hydrogens (tertiary/aromatic N) is 1. The maximum atomic E-state index is 12.1. The van der Waals surface area contributed by atoms with E-state index >= 15 is 0 Å². The molecule has 2 aromatic heterocycles. The van der Waals surface area contributed by atoms with Crippen LogP contribution in [0.4, 0.5) is 0 Å². The van der Waals surface area contributed by atoms with Crippen molar-refractivity contribution in [3.05, 3.63) is 39.3 Å². The van der Waals surface area contributed by atoms with Crippen molar-refractivity contribution in [1.29, 1.82) is 0 Å². The number of thiophene rings is 1. The first-order valence-corrected chi connectivity index (χ1v) is 8.19. The van der Waals surface area contributed by atoms with E-state index in [-0.39, 0.29) is 11.4 Å². The molecule has 2 rings (SSSR count). The van der Waals surface area contributed by atoms with Crippen molar-refractivity contribution < 1.29 is 8.42 Å². The van der Waals surface area contributed by atoms with E-state index < -0.39 is 10.0 Å². The fourth-order valence-corrected chi connectivity index (χ4v) is 3.84. The molecule has 0 amide bonds. The molecule has 0 unspecified atom stereocenters. The minimum Gasteiger partial charge on any atom is -0.352 e. The first-order chi connectivity index (χ1) is 8.92. The highest BCUT2D eigenvalue weighted by Crippen LogP contribution is 2.22. The molecule has 0 atom stereocenters. The summed E-state index contributed by atoms with van der Waals surface area (Å²) in [5.41, 5.74) is 6.29. The van der Waals surface area contributed by atoms with E-state index in [9.17, 15) is 8.42 Å². The van der Waals surface area contributed by atoms with E-state index in [1.165, 1.54) is 11.3 Å². The molecule has 0 aliphatic heterocycles. The minimum absolute atomic E-state index is 0.220. The number of hydrogen-bond acceptors (Lipinski definition) is 4. The van der Waals surface area contributed by atoms with Gasteiger partial charge in [-0.25, -0.2) is 13.1 Å². The summed E-state index contributed by atoms with van der Waals surface area (Å²) in [6.07, 6.45) is 1.55. The monoisotopic (exact) mass is 319 g/mol. The third-order valence-corrected chi connectivity index (χ3v) is 5.27. The van der Waals surface area contributed by atoms with Crippen LogP contribution in [-0.2, 0) is 30.2 Å². The Hall–Kier alpha value is -0.860. The van der Waals surface area contributed by atoms with Gasteiger partial charge in [-0.3, -0.25) is 0 Å². The van der Waals surface area contributed by atoms with Gasteiger partial charge in [-0.15, -0.1) is 11.3 Å². The summed E-state index contributed by atoms with van der Waals surface area (Å²) < 4.78 is 29.1. The molecule has 0 aliphatic rings. The lowest BCUT2D eigenvalue weighted by Gasteiger charge is -2.02. The van der Waals surface area contributed by atoms with Crippen molar-refractivity contribution in [2.75, 3.05) is 0 Å². The highest BCUT2D eigenvalue weighted by Gasteiger charge is 2.17. The summed E-state index contributed by atoms with van der Waals surface area (Å²) in [6, 6.07) is 5.11. The van der Waals surface area contributed by atoms with Crippen molar-refractivity contribution in [3.63, 3.8) is 0 Å². The molecule has 104 valence electrons. The standard InChI is InChI=1S/C11H14ClN3O2S2/c1-15-7-10(4-8(15)5-13)19(16,17)14-6-9-2-3-11(12)18-9/h2-4,7,14H,5-6,13H2,1H3. The minimum atomic E-state index is -3.52. The number of hydrogen-bond donors (Lipinski definition) is 2. The van der Waals surface area contributed by atoms with Gasteiger partial charge in [0.05, 0.1) is 9.23 Å². The van der Waals surface area contributed by atoms with Crippen LogP contribution in [0.5, 0.6) is 0 Å². The molecule has 8 heteroatoms. The van der Waals surface area contributed by atoms with E-state index in [4.69, 9.17) is 17.3 Å². The first kappa shape index (κ1) is 14.5. The van der Waals surface area contributed by atoms with Crippen LogP contribution in [0.15, 0.2) is 29.3 Å². The van der Waals surface area contributed by atoms with E-state index in [1.54, 1.807) is 36.0 Å². The Morgan fingerprint density at radius 3 is 2.74 bits per heavy atom. The van der Waals surface area contributed by atoms with Crippen molar-refractivity contribution in [3.8, 4) is 0 Å². The van der Waals surface area contributed by atoms with Crippen molar-refractivity contribution in [1.82, 2.24) is 9.29 Å². The summed E-state index contributed by atoms with van der Waals surface area (Å²) in [4.78, 5) is 1.08. The third kappa shape index (κ3) is 3.37. The number of nitrogens with one attached hydrogen (secondary N) is 1. The zero-order valence-corrected chi connectivity index (χ0v) is 12.6. The van der Waals surface area contributed by atoms with Gasteiger partial charge in [-0.05, 0) is 18.2 Å². The average Bonchev–Trinajstić information content (AvgIpc) is 2.93. The van der Waals surface area contributed by atoms with E-state index in [0.29, 0.717) is 10.9 Å². The van der Waals surface area contributed by atoms with Crippen molar-refractivity contribution in [2.45, 2.75) is 18.0 Å². The zero-order valence-electron chi connectivity index (χ0n) is 10.3. The van der Waals surface area contributed by atoms with Crippen LogP contribution in [-0.4, -0.2) is 13.0 Å². The molecule has 19 heavy (non-hydrogen) atoms. The summed E-state index contributed by atoms with van der Waals surface area (Å²) in [5.74, 6) is 0. The maximum absolute atomic E-state index is 12.1. The molecule has 0 aromatic carbocycles. The Kier molecular flexibility index (Phi) is 4.32. The quantitative estimate of drug-likeness (QED) is 0.880. The van der Waals surface area contributed by atoms with Crippen LogP contribution >= 0.6 is 22.9 Å². The molecule has 0 spiro atoms. The number of aryl methyl sites for hydroxylation is 1. The molecule has 0 saturated heterocycles. The van der Waals surface area contributed by atoms with Gasteiger partial charge in [0.1, 0.15) is 0 Å². The highest BCUT2D eigenvalue weighted by molar-refractivity contribution is 7.89. The summed E-state index contributed by atoms with van der Waals surface area (Å²) >= 11 is 7.14. The Morgan fingerprint density at radius 2 is 2.21 bits per heavy atom. The van der Waals surface area contributed by atoms with Gasteiger partial charge < -0.3 is 10.3 Å².